The second kappa shape index (κ2) is 4.78. The Labute approximate surface area is 100 Å². The molecule has 17 heavy (non-hydrogen) atoms. The third-order valence-electron chi connectivity index (χ3n) is 2.43. The minimum absolute atomic E-state index is 0.597. The molecule has 0 saturated carbocycles. The summed E-state index contributed by atoms with van der Waals surface area (Å²) in [4.78, 5) is 12.5. The number of nitrogens with one attached hydrogen (secondary N) is 1. The molecule has 0 aromatic carbocycles. The molecule has 0 fully saturated rings. The van der Waals surface area contributed by atoms with Gasteiger partial charge in [-0.3, -0.25) is 4.98 Å². The number of anilines is 2. The highest BCUT2D eigenvalue weighted by Gasteiger charge is 2.06. The van der Waals surface area contributed by atoms with Crippen LogP contribution >= 0.6 is 0 Å². The SMILES string of the molecule is Cc1nc(C)c(N)c(NCc2cccnc2)n1. The third kappa shape index (κ3) is 2.69. The molecule has 0 radical (unpaired) electrons. The Bertz CT molecular complexity index is 510. The molecule has 3 N–H and O–H groups in total. The van der Waals surface area contributed by atoms with Gasteiger partial charge in [0.15, 0.2) is 5.82 Å². The summed E-state index contributed by atoms with van der Waals surface area (Å²) in [6.45, 7) is 4.37. The fourth-order valence-corrected chi connectivity index (χ4v) is 1.54. The lowest BCUT2D eigenvalue weighted by molar-refractivity contribution is 0.994. The van der Waals surface area contributed by atoms with Crippen molar-refractivity contribution in [1.82, 2.24) is 15.0 Å². The van der Waals surface area contributed by atoms with Gasteiger partial charge < -0.3 is 11.1 Å². The van der Waals surface area contributed by atoms with E-state index < -0.39 is 0 Å². The molecule has 0 saturated heterocycles. The summed E-state index contributed by atoms with van der Waals surface area (Å²) in [5.41, 5.74) is 8.39. The fourth-order valence-electron chi connectivity index (χ4n) is 1.54. The first kappa shape index (κ1) is 11.3. The summed E-state index contributed by atoms with van der Waals surface area (Å²) in [7, 11) is 0. The molecule has 0 aliphatic carbocycles. The molecule has 2 aromatic rings. The predicted octanol–water partition coefficient (Wildman–Crippen LogP) is 1.68. The molecule has 2 rings (SSSR count). The Hall–Kier alpha value is -2.17. The molecule has 5 heteroatoms. The van der Waals surface area contributed by atoms with E-state index >= 15 is 0 Å². The summed E-state index contributed by atoms with van der Waals surface area (Å²) in [5.74, 6) is 1.39. The van der Waals surface area contributed by atoms with Crippen LogP contribution in [0.15, 0.2) is 24.5 Å². The lowest BCUT2D eigenvalue weighted by Gasteiger charge is -2.10. The molecule has 0 unspecified atom stereocenters. The average Bonchev–Trinajstić information content (AvgIpc) is 2.33. The van der Waals surface area contributed by atoms with E-state index in [2.05, 4.69) is 20.3 Å². The number of nitrogens with zero attached hydrogens (tertiary/aromatic N) is 3. The van der Waals surface area contributed by atoms with Gasteiger partial charge in [0.05, 0.1) is 11.4 Å². The number of nitrogens with two attached hydrogens (primary N) is 1. The highest BCUT2D eigenvalue weighted by molar-refractivity contribution is 5.63. The van der Waals surface area contributed by atoms with Crippen molar-refractivity contribution in [3.63, 3.8) is 0 Å². The Morgan fingerprint density at radius 3 is 2.82 bits per heavy atom. The van der Waals surface area contributed by atoms with Crippen molar-refractivity contribution in [3.05, 3.63) is 41.6 Å². The second-order valence-electron chi connectivity index (χ2n) is 3.83. The van der Waals surface area contributed by atoms with Gasteiger partial charge in [-0.2, -0.15) is 0 Å². The van der Waals surface area contributed by atoms with Gasteiger partial charge in [0.25, 0.3) is 0 Å². The highest BCUT2D eigenvalue weighted by atomic mass is 15.1. The number of rotatable bonds is 3. The molecular formula is C12H15N5. The van der Waals surface area contributed by atoms with Crippen molar-refractivity contribution in [3.8, 4) is 0 Å². The average molecular weight is 229 g/mol. The van der Waals surface area contributed by atoms with Gasteiger partial charge >= 0.3 is 0 Å². The van der Waals surface area contributed by atoms with E-state index in [4.69, 9.17) is 5.73 Å². The third-order valence-corrected chi connectivity index (χ3v) is 2.43. The first-order valence-corrected chi connectivity index (χ1v) is 5.40. The van der Waals surface area contributed by atoms with Crippen LogP contribution < -0.4 is 11.1 Å². The molecule has 2 aromatic heterocycles. The lowest BCUT2D eigenvalue weighted by Crippen LogP contribution is -2.08. The summed E-state index contributed by atoms with van der Waals surface area (Å²) >= 11 is 0. The molecular weight excluding hydrogens is 214 g/mol. The first-order valence-electron chi connectivity index (χ1n) is 5.40. The topological polar surface area (TPSA) is 76.7 Å². The number of pyridine rings is 1. The van der Waals surface area contributed by atoms with E-state index in [0.29, 0.717) is 23.9 Å². The Morgan fingerprint density at radius 1 is 1.29 bits per heavy atom. The van der Waals surface area contributed by atoms with Crippen molar-refractivity contribution >= 4 is 11.5 Å². The molecule has 0 aliphatic rings. The van der Waals surface area contributed by atoms with E-state index in [1.54, 1.807) is 6.20 Å². The molecule has 2 heterocycles. The van der Waals surface area contributed by atoms with Gasteiger partial charge in [-0.15, -0.1) is 0 Å². The van der Waals surface area contributed by atoms with Crippen LogP contribution in [0.1, 0.15) is 17.1 Å². The number of hydrogen-bond donors (Lipinski definition) is 2. The predicted molar refractivity (Wildman–Crippen MR) is 67.5 cm³/mol. The minimum Gasteiger partial charge on any atom is -0.394 e. The van der Waals surface area contributed by atoms with Crippen LogP contribution in [0.3, 0.4) is 0 Å². The van der Waals surface area contributed by atoms with Gasteiger partial charge in [0.1, 0.15) is 5.82 Å². The second-order valence-corrected chi connectivity index (χ2v) is 3.83. The summed E-state index contributed by atoms with van der Waals surface area (Å²) in [5, 5.41) is 3.19. The van der Waals surface area contributed by atoms with Crippen LogP contribution in [0.25, 0.3) is 0 Å². The number of aryl methyl sites for hydroxylation is 2. The summed E-state index contributed by atoms with van der Waals surface area (Å²) < 4.78 is 0. The smallest absolute Gasteiger partial charge is 0.153 e. The molecule has 0 amide bonds. The van der Waals surface area contributed by atoms with Crippen molar-refractivity contribution in [2.24, 2.45) is 0 Å². The zero-order valence-electron chi connectivity index (χ0n) is 9.94. The van der Waals surface area contributed by atoms with Gasteiger partial charge in [-0.25, -0.2) is 9.97 Å². The first-order chi connectivity index (χ1) is 8.16. The van der Waals surface area contributed by atoms with Gasteiger partial charge in [-0.05, 0) is 25.5 Å². The van der Waals surface area contributed by atoms with Crippen molar-refractivity contribution < 1.29 is 0 Å². The Balaban J connectivity index is 2.14. The van der Waals surface area contributed by atoms with Crippen LogP contribution in [0.4, 0.5) is 11.5 Å². The zero-order valence-corrected chi connectivity index (χ0v) is 9.94. The van der Waals surface area contributed by atoms with Crippen LogP contribution in [0.2, 0.25) is 0 Å². The van der Waals surface area contributed by atoms with Crippen molar-refractivity contribution in [2.75, 3.05) is 11.1 Å². The van der Waals surface area contributed by atoms with E-state index in [-0.39, 0.29) is 0 Å². The number of nitrogen functional groups attached to an aromatic ring is 1. The quantitative estimate of drug-likeness (QED) is 0.837. The fraction of sp³-hybridized carbons (Fsp3) is 0.250. The minimum atomic E-state index is 0.597. The van der Waals surface area contributed by atoms with E-state index in [1.165, 1.54) is 0 Å². The Kier molecular flexibility index (Phi) is 3.18. The largest absolute Gasteiger partial charge is 0.394 e. The maximum atomic E-state index is 5.91. The zero-order chi connectivity index (χ0) is 12.3. The van der Waals surface area contributed by atoms with E-state index in [1.807, 2.05) is 32.2 Å². The monoisotopic (exact) mass is 229 g/mol. The number of hydrogen-bond acceptors (Lipinski definition) is 5. The standard InChI is InChI=1S/C12H15N5/c1-8-11(13)12(17-9(2)16-8)15-7-10-4-3-5-14-6-10/h3-6H,7,13H2,1-2H3,(H,15,16,17). The van der Waals surface area contributed by atoms with Crippen LogP contribution in [0.5, 0.6) is 0 Å². The molecule has 0 spiro atoms. The van der Waals surface area contributed by atoms with Gasteiger partial charge in [-0.1, -0.05) is 6.07 Å². The van der Waals surface area contributed by atoms with Gasteiger partial charge in [0, 0.05) is 18.9 Å². The van der Waals surface area contributed by atoms with Crippen molar-refractivity contribution in [2.45, 2.75) is 20.4 Å². The van der Waals surface area contributed by atoms with Crippen LogP contribution in [-0.4, -0.2) is 15.0 Å². The highest BCUT2D eigenvalue weighted by Crippen LogP contribution is 2.18. The lowest BCUT2D eigenvalue weighted by atomic mass is 10.3. The van der Waals surface area contributed by atoms with Gasteiger partial charge in [0.2, 0.25) is 0 Å². The molecule has 0 bridgehead atoms. The summed E-state index contributed by atoms with van der Waals surface area (Å²) in [6, 6.07) is 3.90. The van der Waals surface area contributed by atoms with E-state index in [9.17, 15) is 0 Å². The maximum Gasteiger partial charge on any atom is 0.153 e. The van der Waals surface area contributed by atoms with Crippen LogP contribution in [0, 0.1) is 13.8 Å². The molecule has 88 valence electrons. The number of aromatic nitrogens is 3. The van der Waals surface area contributed by atoms with Crippen LogP contribution in [-0.2, 0) is 6.54 Å². The van der Waals surface area contributed by atoms with Crippen molar-refractivity contribution in [1.29, 1.82) is 0 Å². The molecule has 0 atom stereocenters. The molecule has 0 aliphatic heterocycles. The van der Waals surface area contributed by atoms with E-state index in [0.717, 1.165) is 11.3 Å². The summed E-state index contributed by atoms with van der Waals surface area (Å²) in [6.07, 6.45) is 3.56. The maximum absolute atomic E-state index is 5.91. The Morgan fingerprint density at radius 2 is 2.12 bits per heavy atom. The normalized spacial score (nSPS) is 10.2. The molecule has 5 nitrogen and oxygen atoms in total.